The number of hydrogen-bond acceptors (Lipinski definition) is 7. The van der Waals surface area contributed by atoms with Gasteiger partial charge in [-0.05, 0) is 24.3 Å². The lowest BCUT2D eigenvalue weighted by atomic mass is 10.3. The quantitative estimate of drug-likeness (QED) is 0.408. The van der Waals surface area contributed by atoms with Crippen molar-refractivity contribution < 1.29 is 26.9 Å². The molecule has 0 N–H and O–H groups in total. The Hall–Kier alpha value is -3.58. The molecule has 1 aromatic heterocycles. The Balaban J connectivity index is 1.46. The third-order valence-corrected chi connectivity index (χ3v) is 7.08. The first kappa shape index (κ1) is 21.6. The fraction of sp³-hybridized carbons (Fsp3) is 0.263. The second kappa shape index (κ2) is 8.16. The Morgan fingerprint density at radius 3 is 2.50 bits per heavy atom. The maximum absolute atomic E-state index is 13.4. The highest BCUT2D eigenvalue weighted by atomic mass is 32.2. The van der Waals surface area contributed by atoms with E-state index in [1.807, 2.05) is 0 Å². The number of amides is 1. The molecule has 0 unspecified atom stereocenters. The molecule has 0 radical (unpaired) electrons. The zero-order chi connectivity index (χ0) is 23.0. The second-order valence-electron chi connectivity index (χ2n) is 7.11. The van der Waals surface area contributed by atoms with E-state index >= 15 is 0 Å². The number of rotatable bonds is 5. The number of sulfonamides is 1. The maximum Gasteiger partial charge on any atom is 0.420 e. The Bertz CT molecular complexity index is 1370. The van der Waals surface area contributed by atoms with Gasteiger partial charge in [-0.15, -0.1) is 0 Å². The Labute approximate surface area is 180 Å². The van der Waals surface area contributed by atoms with E-state index < -0.39 is 32.4 Å². The number of fused-ring (bicyclic) bond motifs is 1. The first-order valence-corrected chi connectivity index (χ1v) is 10.9. The summed E-state index contributed by atoms with van der Waals surface area (Å²) < 4.78 is 46.0. The average Bonchev–Trinajstić information content (AvgIpc) is 3.08. The van der Waals surface area contributed by atoms with Gasteiger partial charge in [0.25, 0.3) is 5.69 Å². The predicted molar refractivity (Wildman–Crippen MR) is 109 cm³/mol. The third kappa shape index (κ3) is 3.99. The number of nitro benzene ring substituents is 1. The Kier molecular flexibility index (Phi) is 5.52. The lowest BCUT2D eigenvalue weighted by Gasteiger charge is -2.34. The highest BCUT2D eigenvalue weighted by Gasteiger charge is 2.30. The van der Waals surface area contributed by atoms with E-state index in [2.05, 4.69) is 0 Å². The van der Waals surface area contributed by atoms with Gasteiger partial charge in [0.1, 0.15) is 12.4 Å². The summed E-state index contributed by atoms with van der Waals surface area (Å²) in [5, 5.41) is 10.9. The van der Waals surface area contributed by atoms with E-state index in [9.17, 15) is 32.5 Å². The lowest BCUT2D eigenvalue weighted by Crippen LogP contribution is -2.51. The van der Waals surface area contributed by atoms with Crippen molar-refractivity contribution in [3.05, 3.63) is 68.9 Å². The molecule has 1 aliphatic heterocycles. The number of aromatic nitrogens is 1. The Morgan fingerprint density at radius 2 is 1.84 bits per heavy atom. The highest BCUT2D eigenvalue weighted by Crippen LogP contribution is 2.21. The van der Waals surface area contributed by atoms with Crippen LogP contribution in [-0.2, 0) is 21.4 Å². The summed E-state index contributed by atoms with van der Waals surface area (Å²) in [7, 11) is -3.90. The van der Waals surface area contributed by atoms with E-state index in [4.69, 9.17) is 4.42 Å². The molecular weight excluding hydrogens is 447 g/mol. The van der Waals surface area contributed by atoms with E-state index in [0.717, 1.165) is 22.8 Å². The standard InChI is InChI=1S/C19H17FN4O7S/c20-13-2-1-3-15(10-13)32(29,30)22-8-6-21(7-9-22)18(25)12-23-16-5-4-14(24(27)28)11-17(16)31-19(23)26/h1-5,10-11H,6-9,12H2. The molecule has 3 aromatic rings. The minimum Gasteiger partial charge on any atom is -0.407 e. The molecule has 2 heterocycles. The minimum atomic E-state index is -3.90. The number of oxazole rings is 1. The second-order valence-corrected chi connectivity index (χ2v) is 9.04. The largest absolute Gasteiger partial charge is 0.420 e. The van der Waals surface area contributed by atoms with Crippen LogP contribution in [0.1, 0.15) is 0 Å². The molecule has 0 aliphatic carbocycles. The van der Waals surface area contributed by atoms with Crippen molar-refractivity contribution in [2.24, 2.45) is 0 Å². The minimum absolute atomic E-state index is 0.0111. The van der Waals surface area contributed by atoms with Gasteiger partial charge in [-0.2, -0.15) is 4.31 Å². The summed E-state index contributed by atoms with van der Waals surface area (Å²) in [6.07, 6.45) is 0. The monoisotopic (exact) mass is 464 g/mol. The number of carbonyl (C=O) groups is 1. The van der Waals surface area contributed by atoms with Crippen molar-refractivity contribution in [2.75, 3.05) is 26.2 Å². The van der Waals surface area contributed by atoms with Crippen molar-refractivity contribution in [3.8, 4) is 0 Å². The molecule has 168 valence electrons. The van der Waals surface area contributed by atoms with Gasteiger partial charge in [0, 0.05) is 32.2 Å². The van der Waals surface area contributed by atoms with Gasteiger partial charge in [-0.1, -0.05) is 6.07 Å². The van der Waals surface area contributed by atoms with Crippen LogP contribution >= 0.6 is 0 Å². The summed E-state index contributed by atoms with van der Waals surface area (Å²) in [6.45, 7) is -0.164. The van der Waals surface area contributed by atoms with Crippen LogP contribution in [0.4, 0.5) is 10.1 Å². The van der Waals surface area contributed by atoms with Crippen LogP contribution in [0.25, 0.3) is 11.1 Å². The van der Waals surface area contributed by atoms with Gasteiger partial charge >= 0.3 is 5.76 Å². The molecule has 0 spiro atoms. The molecule has 0 saturated carbocycles. The van der Waals surface area contributed by atoms with Crippen LogP contribution in [0.3, 0.4) is 0 Å². The first-order chi connectivity index (χ1) is 15.2. The number of hydrogen-bond donors (Lipinski definition) is 0. The summed E-state index contributed by atoms with van der Waals surface area (Å²) in [4.78, 5) is 36.3. The molecule has 1 amide bonds. The van der Waals surface area contributed by atoms with Crippen LogP contribution in [0.15, 0.2) is 56.6 Å². The smallest absolute Gasteiger partial charge is 0.407 e. The van der Waals surface area contributed by atoms with Crippen LogP contribution in [0, 0.1) is 15.9 Å². The van der Waals surface area contributed by atoms with E-state index in [1.54, 1.807) is 0 Å². The van der Waals surface area contributed by atoms with Crippen LogP contribution in [-0.4, -0.2) is 59.2 Å². The number of piperazine rings is 1. The van der Waals surface area contributed by atoms with Gasteiger partial charge in [-0.3, -0.25) is 19.5 Å². The number of nitrogens with zero attached hydrogens (tertiary/aromatic N) is 4. The van der Waals surface area contributed by atoms with Crippen molar-refractivity contribution in [2.45, 2.75) is 11.4 Å². The molecule has 1 saturated heterocycles. The fourth-order valence-corrected chi connectivity index (χ4v) is 4.96. The first-order valence-electron chi connectivity index (χ1n) is 9.48. The molecule has 0 atom stereocenters. The highest BCUT2D eigenvalue weighted by molar-refractivity contribution is 7.89. The number of carbonyl (C=O) groups excluding carboxylic acids is 1. The molecule has 1 aliphatic rings. The molecule has 1 fully saturated rings. The van der Waals surface area contributed by atoms with E-state index in [0.29, 0.717) is 0 Å². The zero-order valence-electron chi connectivity index (χ0n) is 16.5. The summed E-state index contributed by atoms with van der Waals surface area (Å²) >= 11 is 0. The molecule has 4 rings (SSSR count). The normalized spacial score (nSPS) is 15.2. The summed E-state index contributed by atoms with van der Waals surface area (Å²) in [6, 6.07) is 8.33. The Morgan fingerprint density at radius 1 is 1.12 bits per heavy atom. The molecule has 2 aromatic carbocycles. The zero-order valence-corrected chi connectivity index (χ0v) is 17.3. The van der Waals surface area contributed by atoms with E-state index in [1.165, 1.54) is 33.5 Å². The molecule has 13 heteroatoms. The van der Waals surface area contributed by atoms with Crippen LogP contribution in [0.2, 0.25) is 0 Å². The summed E-state index contributed by atoms with van der Waals surface area (Å²) in [5.41, 5.74) is -0.0235. The average molecular weight is 464 g/mol. The number of non-ortho nitro benzene ring substituents is 1. The SMILES string of the molecule is O=C(Cn1c(=O)oc2cc([N+](=O)[O-])ccc21)N1CCN(S(=O)(=O)c2cccc(F)c2)CC1. The maximum atomic E-state index is 13.4. The van der Waals surface area contributed by atoms with Gasteiger partial charge < -0.3 is 9.32 Å². The predicted octanol–water partition coefficient (Wildman–Crippen LogP) is 1.17. The fourth-order valence-electron chi connectivity index (χ4n) is 3.51. The number of halogens is 1. The van der Waals surface area contributed by atoms with Gasteiger partial charge in [0.15, 0.2) is 5.58 Å². The van der Waals surface area contributed by atoms with Crippen LogP contribution < -0.4 is 5.76 Å². The number of benzene rings is 2. The number of nitro groups is 1. The van der Waals surface area contributed by atoms with Gasteiger partial charge in [-0.25, -0.2) is 17.6 Å². The van der Waals surface area contributed by atoms with Crippen molar-refractivity contribution in [1.82, 2.24) is 13.8 Å². The third-order valence-electron chi connectivity index (χ3n) is 5.18. The molecule has 32 heavy (non-hydrogen) atoms. The van der Waals surface area contributed by atoms with Crippen molar-refractivity contribution in [3.63, 3.8) is 0 Å². The van der Waals surface area contributed by atoms with E-state index in [-0.39, 0.29) is 54.4 Å². The molecule has 11 nitrogen and oxygen atoms in total. The van der Waals surface area contributed by atoms with Gasteiger partial charge in [0.05, 0.1) is 21.4 Å². The lowest BCUT2D eigenvalue weighted by molar-refractivity contribution is -0.384. The molecule has 0 bridgehead atoms. The van der Waals surface area contributed by atoms with Crippen molar-refractivity contribution in [1.29, 1.82) is 0 Å². The molecular formula is C19H17FN4O7S. The van der Waals surface area contributed by atoms with Crippen LogP contribution in [0.5, 0.6) is 0 Å². The topological polar surface area (TPSA) is 136 Å². The summed E-state index contributed by atoms with van der Waals surface area (Å²) in [5.74, 6) is -1.93. The van der Waals surface area contributed by atoms with Crippen molar-refractivity contribution >= 4 is 32.7 Å². The van der Waals surface area contributed by atoms with Gasteiger partial charge in [0.2, 0.25) is 15.9 Å².